The molecule has 0 saturated heterocycles. The number of aromatic nitrogens is 1. The second kappa shape index (κ2) is 7.59. The number of rotatable bonds is 6. The van der Waals surface area contributed by atoms with Gasteiger partial charge in [0.2, 0.25) is 5.91 Å². The first kappa shape index (κ1) is 16.0. The van der Waals surface area contributed by atoms with Crippen LogP contribution >= 0.6 is 0 Å². The van der Waals surface area contributed by atoms with E-state index < -0.39 is 0 Å². The van der Waals surface area contributed by atoms with Crippen LogP contribution in [0.15, 0.2) is 48.8 Å². The third-order valence-electron chi connectivity index (χ3n) is 3.70. The van der Waals surface area contributed by atoms with Crippen molar-refractivity contribution in [1.29, 1.82) is 0 Å². The van der Waals surface area contributed by atoms with Gasteiger partial charge in [-0.1, -0.05) is 6.07 Å². The maximum atomic E-state index is 12.0. The van der Waals surface area contributed by atoms with Crippen molar-refractivity contribution in [3.05, 3.63) is 54.4 Å². The number of benzene rings is 1. The highest BCUT2D eigenvalue weighted by atomic mass is 16.2. The monoisotopic (exact) mass is 324 g/mol. The van der Waals surface area contributed by atoms with Crippen LogP contribution < -0.4 is 16.0 Å². The van der Waals surface area contributed by atoms with E-state index in [1.54, 1.807) is 36.7 Å². The molecule has 0 atom stereocenters. The number of nitrogens with one attached hydrogen (secondary N) is 3. The quantitative estimate of drug-likeness (QED) is 0.764. The molecule has 3 rings (SSSR count). The van der Waals surface area contributed by atoms with Crippen molar-refractivity contribution in [2.75, 3.05) is 10.6 Å². The van der Waals surface area contributed by atoms with Gasteiger partial charge >= 0.3 is 6.03 Å². The van der Waals surface area contributed by atoms with Crippen LogP contribution in [0.25, 0.3) is 0 Å². The number of amides is 3. The molecule has 24 heavy (non-hydrogen) atoms. The van der Waals surface area contributed by atoms with E-state index in [-0.39, 0.29) is 11.9 Å². The molecule has 1 aliphatic rings. The van der Waals surface area contributed by atoms with Gasteiger partial charge in [0.15, 0.2) is 0 Å². The average molecular weight is 324 g/mol. The van der Waals surface area contributed by atoms with E-state index in [1.807, 2.05) is 12.1 Å². The Hall–Kier alpha value is -2.89. The van der Waals surface area contributed by atoms with Crippen LogP contribution in [-0.2, 0) is 11.2 Å². The number of anilines is 2. The number of nitrogens with zero attached hydrogens (tertiary/aromatic N) is 1. The largest absolute Gasteiger partial charge is 0.335 e. The number of pyridine rings is 1. The average Bonchev–Trinajstić information content (AvgIpc) is 3.39. The third kappa shape index (κ3) is 5.08. The first-order valence-electron chi connectivity index (χ1n) is 8.05. The number of hydrogen-bond acceptors (Lipinski definition) is 3. The standard InChI is InChI=1S/C18H20N4O2/c23-17(10-3-13-2-1-11-19-12-13)20-14-4-6-15(7-5-14)21-18(24)22-16-8-9-16/h1-2,4-7,11-12,16H,3,8-10H2,(H,20,23)(H2,21,22,24). The Morgan fingerprint density at radius 1 is 1.04 bits per heavy atom. The minimum absolute atomic E-state index is 0.0500. The summed E-state index contributed by atoms with van der Waals surface area (Å²) >= 11 is 0. The van der Waals surface area contributed by atoms with Gasteiger partial charge < -0.3 is 16.0 Å². The van der Waals surface area contributed by atoms with Crippen molar-refractivity contribution in [2.45, 2.75) is 31.7 Å². The van der Waals surface area contributed by atoms with Crippen LogP contribution in [0.4, 0.5) is 16.2 Å². The molecule has 1 aliphatic carbocycles. The summed E-state index contributed by atoms with van der Waals surface area (Å²) in [6.45, 7) is 0. The highest BCUT2D eigenvalue weighted by Gasteiger charge is 2.23. The maximum absolute atomic E-state index is 12.0. The molecule has 1 aromatic carbocycles. The lowest BCUT2D eigenvalue weighted by atomic mass is 10.1. The highest BCUT2D eigenvalue weighted by molar-refractivity contribution is 5.92. The van der Waals surface area contributed by atoms with Gasteiger partial charge in [-0.3, -0.25) is 9.78 Å². The predicted octanol–water partition coefficient (Wildman–Crippen LogP) is 2.94. The van der Waals surface area contributed by atoms with Gasteiger partial charge in [0.1, 0.15) is 0 Å². The third-order valence-corrected chi connectivity index (χ3v) is 3.70. The lowest BCUT2D eigenvalue weighted by molar-refractivity contribution is -0.116. The Balaban J connectivity index is 1.44. The first-order valence-corrected chi connectivity index (χ1v) is 8.05. The molecule has 6 nitrogen and oxygen atoms in total. The molecule has 1 aromatic heterocycles. The molecule has 3 amide bonds. The molecular weight excluding hydrogens is 304 g/mol. The van der Waals surface area contributed by atoms with Crippen molar-refractivity contribution in [2.24, 2.45) is 0 Å². The second-order valence-corrected chi connectivity index (χ2v) is 5.86. The van der Waals surface area contributed by atoms with Gasteiger partial charge in [0.25, 0.3) is 0 Å². The zero-order valence-electron chi connectivity index (χ0n) is 13.3. The second-order valence-electron chi connectivity index (χ2n) is 5.86. The molecule has 1 fully saturated rings. The van der Waals surface area contributed by atoms with Crippen molar-refractivity contribution < 1.29 is 9.59 Å². The van der Waals surface area contributed by atoms with Gasteiger partial charge in [0, 0.05) is 36.2 Å². The molecule has 0 unspecified atom stereocenters. The number of hydrogen-bond donors (Lipinski definition) is 3. The molecule has 124 valence electrons. The molecule has 1 heterocycles. The van der Waals surface area contributed by atoms with Gasteiger partial charge in [-0.25, -0.2) is 4.79 Å². The van der Waals surface area contributed by atoms with Crippen LogP contribution in [0, 0.1) is 0 Å². The SMILES string of the molecule is O=C(CCc1cccnc1)Nc1ccc(NC(=O)NC2CC2)cc1. The van der Waals surface area contributed by atoms with Gasteiger partial charge in [-0.05, 0) is 55.2 Å². The molecule has 0 radical (unpaired) electrons. The van der Waals surface area contributed by atoms with E-state index >= 15 is 0 Å². The summed E-state index contributed by atoms with van der Waals surface area (Å²) in [5.41, 5.74) is 2.44. The van der Waals surface area contributed by atoms with Crippen molar-refractivity contribution in [3.8, 4) is 0 Å². The Morgan fingerprint density at radius 3 is 2.38 bits per heavy atom. The van der Waals surface area contributed by atoms with Gasteiger partial charge in [-0.15, -0.1) is 0 Å². The van der Waals surface area contributed by atoms with Gasteiger partial charge in [0.05, 0.1) is 0 Å². The fraction of sp³-hybridized carbons (Fsp3) is 0.278. The Morgan fingerprint density at radius 2 is 1.75 bits per heavy atom. The minimum atomic E-state index is -0.189. The van der Waals surface area contributed by atoms with Crippen molar-refractivity contribution in [3.63, 3.8) is 0 Å². The summed E-state index contributed by atoms with van der Waals surface area (Å²) in [7, 11) is 0. The molecule has 6 heteroatoms. The van der Waals surface area contributed by atoms with Crippen molar-refractivity contribution >= 4 is 23.3 Å². The number of urea groups is 1. The Kier molecular flexibility index (Phi) is 5.05. The van der Waals surface area contributed by atoms with Crippen molar-refractivity contribution in [1.82, 2.24) is 10.3 Å². The van der Waals surface area contributed by atoms with Crippen LogP contribution in [0.3, 0.4) is 0 Å². The normalized spacial score (nSPS) is 13.2. The number of aryl methyl sites for hydroxylation is 1. The van der Waals surface area contributed by atoms with E-state index in [1.165, 1.54) is 0 Å². The lowest BCUT2D eigenvalue weighted by Crippen LogP contribution is -2.30. The number of carbonyl (C=O) groups is 2. The zero-order chi connectivity index (χ0) is 16.8. The topological polar surface area (TPSA) is 83.1 Å². The van der Waals surface area contributed by atoms with Crippen LogP contribution in [0.2, 0.25) is 0 Å². The smallest absolute Gasteiger partial charge is 0.319 e. The molecule has 2 aromatic rings. The van der Waals surface area contributed by atoms with E-state index in [0.29, 0.717) is 30.3 Å². The lowest BCUT2D eigenvalue weighted by Gasteiger charge is -2.08. The van der Waals surface area contributed by atoms with E-state index in [4.69, 9.17) is 0 Å². The predicted molar refractivity (Wildman–Crippen MR) is 92.8 cm³/mol. The zero-order valence-corrected chi connectivity index (χ0v) is 13.3. The first-order chi connectivity index (χ1) is 11.7. The van der Waals surface area contributed by atoms with Crippen LogP contribution in [-0.4, -0.2) is 23.0 Å². The fourth-order valence-corrected chi connectivity index (χ4v) is 2.24. The molecule has 0 bridgehead atoms. The molecule has 0 aliphatic heterocycles. The summed E-state index contributed by atoms with van der Waals surface area (Å²) in [6, 6.07) is 11.0. The highest BCUT2D eigenvalue weighted by Crippen LogP contribution is 2.19. The summed E-state index contributed by atoms with van der Waals surface area (Å²) in [5.74, 6) is -0.0500. The van der Waals surface area contributed by atoms with Crippen LogP contribution in [0.5, 0.6) is 0 Å². The number of carbonyl (C=O) groups excluding carboxylic acids is 2. The van der Waals surface area contributed by atoms with E-state index in [0.717, 1.165) is 18.4 Å². The fourth-order valence-electron chi connectivity index (χ4n) is 2.24. The summed E-state index contributed by atoms with van der Waals surface area (Å²) in [6.07, 6.45) is 6.63. The van der Waals surface area contributed by atoms with E-state index in [9.17, 15) is 9.59 Å². The molecule has 1 saturated carbocycles. The Bertz CT molecular complexity index is 697. The Labute approximate surface area is 140 Å². The van der Waals surface area contributed by atoms with Gasteiger partial charge in [-0.2, -0.15) is 0 Å². The minimum Gasteiger partial charge on any atom is -0.335 e. The van der Waals surface area contributed by atoms with Crippen LogP contribution in [0.1, 0.15) is 24.8 Å². The molecular formula is C18H20N4O2. The molecule has 0 spiro atoms. The summed E-state index contributed by atoms with van der Waals surface area (Å²) in [5, 5.41) is 8.47. The maximum Gasteiger partial charge on any atom is 0.319 e. The van der Waals surface area contributed by atoms with E-state index in [2.05, 4.69) is 20.9 Å². The molecule has 3 N–H and O–H groups in total. The summed E-state index contributed by atoms with van der Waals surface area (Å²) < 4.78 is 0. The summed E-state index contributed by atoms with van der Waals surface area (Å²) in [4.78, 5) is 27.6.